The predicted octanol–water partition coefficient (Wildman–Crippen LogP) is 4.65. The van der Waals surface area contributed by atoms with E-state index in [1.807, 2.05) is 50.4 Å². The standard InChI is InChI=1S/C16H14O2S/c1-9-4-5-12-11(3)15(18-13(12)8-9)14(17)16-10(2)6-7-19-16/h4-8H,1-3H3. The zero-order chi connectivity index (χ0) is 13.6. The van der Waals surface area contributed by atoms with Crippen molar-refractivity contribution < 1.29 is 9.21 Å². The van der Waals surface area contributed by atoms with Crippen LogP contribution in [0.4, 0.5) is 0 Å². The number of rotatable bonds is 2. The van der Waals surface area contributed by atoms with Gasteiger partial charge in [-0.2, -0.15) is 0 Å². The molecule has 19 heavy (non-hydrogen) atoms. The molecule has 0 amide bonds. The van der Waals surface area contributed by atoms with Crippen molar-refractivity contribution in [3.8, 4) is 0 Å². The molecule has 2 heterocycles. The Kier molecular flexibility index (Phi) is 2.79. The van der Waals surface area contributed by atoms with Crippen molar-refractivity contribution in [2.45, 2.75) is 20.8 Å². The van der Waals surface area contributed by atoms with Gasteiger partial charge < -0.3 is 4.42 Å². The van der Waals surface area contributed by atoms with Crippen LogP contribution < -0.4 is 0 Å². The van der Waals surface area contributed by atoms with E-state index < -0.39 is 0 Å². The number of ketones is 1. The van der Waals surface area contributed by atoms with Crippen LogP contribution in [0.3, 0.4) is 0 Å². The number of carbonyl (C=O) groups excluding carboxylic acids is 1. The summed E-state index contributed by atoms with van der Waals surface area (Å²) in [6.45, 7) is 5.91. The maximum absolute atomic E-state index is 12.5. The third-order valence-corrected chi connectivity index (χ3v) is 4.38. The average Bonchev–Trinajstić information content (AvgIpc) is 2.93. The van der Waals surface area contributed by atoms with Gasteiger partial charge in [0.15, 0.2) is 5.76 Å². The number of thiophene rings is 1. The van der Waals surface area contributed by atoms with E-state index in [9.17, 15) is 4.79 Å². The molecule has 0 saturated carbocycles. The first kappa shape index (κ1) is 12.2. The first-order valence-corrected chi connectivity index (χ1v) is 7.04. The Morgan fingerprint density at radius 3 is 2.63 bits per heavy atom. The maximum Gasteiger partial charge on any atom is 0.238 e. The zero-order valence-corrected chi connectivity index (χ0v) is 11.9. The molecule has 0 aliphatic heterocycles. The summed E-state index contributed by atoms with van der Waals surface area (Å²) in [6.07, 6.45) is 0. The lowest BCUT2D eigenvalue weighted by molar-refractivity contribution is 0.101. The molecular weight excluding hydrogens is 256 g/mol. The zero-order valence-electron chi connectivity index (χ0n) is 11.1. The Hall–Kier alpha value is -1.87. The minimum atomic E-state index is -0.0150. The molecule has 2 nitrogen and oxygen atoms in total. The Morgan fingerprint density at radius 2 is 1.95 bits per heavy atom. The fourth-order valence-corrected chi connectivity index (χ4v) is 3.12. The van der Waals surface area contributed by atoms with Gasteiger partial charge in [0.25, 0.3) is 0 Å². The topological polar surface area (TPSA) is 30.2 Å². The van der Waals surface area contributed by atoms with Gasteiger partial charge in [0, 0.05) is 10.9 Å². The Balaban J connectivity index is 2.18. The van der Waals surface area contributed by atoms with Gasteiger partial charge in [0.05, 0.1) is 4.88 Å². The van der Waals surface area contributed by atoms with Crippen LogP contribution in [0.25, 0.3) is 11.0 Å². The molecule has 0 N–H and O–H groups in total. The number of fused-ring (bicyclic) bond motifs is 1. The highest BCUT2D eigenvalue weighted by atomic mass is 32.1. The molecule has 0 aliphatic rings. The van der Waals surface area contributed by atoms with Crippen LogP contribution in [0.2, 0.25) is 0 Å². The Morgan fingerprint density at radius 1 is 1.16 bits per heavy atom. The second kappa shape index (κ2) is 4.35. The SMILES string of the molecule is Cc1ccc2c(C)c(C(=O)c3sccc3C)oc2c1. The van der Waals surface area contributed by atoms with Gasteiger partial charge in [0.2, 0.25) is 5.78 Å². The summed E-state index contributed by atoms with van der Waals surface area (Å²) in [5, 5.41) is 2.95. The lowest BCUT2D eigenvalue weighted by Gasteiger charge is -1.97. The number of hydrogen-bond donors (Lipinski definition) is 0. The molecule has 0 unspecified atom stereocenters. The van der Waals surface area contributed by atoms with Crippen molar-refractivity contribution in [2.75, 3.05) is 0 Å². The number of hydrogen-bond acceptors (Lipinski definition) is 3. The average molecular weight is 270 g/mol. The molecule has 3 aromatic rings. The van der Waals surface area contributed by atoms with E-state index in [1.165, 1.54) is 11.3 Å². The second-order valence-corrected chi connectivity index (χ2v) is 5.73. The number of carbonyl (C=O) groups is 1. The molecule has 0 atom stereocenters. The molecule has 0 bridgehead atoms. The Bertz CT molecular complexity index is 777. The van der Waals surface area contributed by atoms with Crippen LogP contribution in [-0.4, -0.2) is 5.78 Å². The van der Waals surface area contributed by atoms with Crippen LogP contribution in [0.15, 0.2) is 34.1 Å². The number of aryl methyl sites for hydroxylation is 3. The highest BCUT2D eigenvalue weighted by Gasteiger charge is 2.21. The van der Waals surface area contributed by atoms with Gasteiger partial charge in [-0.25, -0.2) is 0 Å². The molecule has 0 radical (unpaired) electrons. The Labute approximate surface area is 115 Å². The number of benzene rings is 1. The summed E-state index contributed by atoms with van der Waals surface area (Å²) < 4.78 is 5.78. The molecule has 96 valence electrons. The van der Waals surface area contributed by atoms with Gasteiger partial charge in [-0.05, 0) is 49.4 Å². The van der Waals surface area contributed by atoms with Crippen molar-refractivity contribution in [1.29, 1.82) is 0 Å². The third kappa shape index (κ3) is 1.90. The van der Waals surface area contributed by atoms with Crippen LogP contribution >= 0.6 is 11.3 Å². The third-order valence-electron chi connectivity index (χ3n) is 3.37. The van der Waals surface area contributed by atoms with Gasteiger partial charge in [-0.15, -0.1) is 11.3 Å². The van der Waals surface area contributed by atoms with Crippen LogP contribution in [0.1, 0.15) is 32.1 Å². The van der Waals surface area contributed by atoms with E-state index in [2.05, 4.69) is 0 Å². The van der Waals surface area contributed by atoms with Gasteiger partial charge in [0.1, 0.15) is 5.58 Å². The molecule has 3 heteroatoms. The second-order valence-electron chi connectivity index (χ2n) is 4.82. The number of furan rings is 1. The van der Waals surface area contributed by atoms with E-state index in [1.54, 1.807) is 0 Å². The van der Waals surface area contributed by atoms with Gasteiger partial charge in [-0.3, -0.25) is 4.79 Å². The highest BCUT2D eigenvalue weighted by molar-refractivity contribution is 7.12. The molecule has 2 aromatic heterocycles. The quantitative estimate of drug-likeness (QED) is 0.634. The van der Waals surface area contributed by atoms with E-state index >= 15 is 0 Å². The summed E-state index contributed by atoms with van der Waals surface area (Å²) in [7, 11) is 0. The van der Waals surface area contributed by atoms with Crippen molar-refractivity contribution in [2.24, 2.45) is 0 Å². The van der Waals surface area contributed by atoms with Crippen molar-refractivity contribution in [3.63, 3.8) is 0 Å². The molecular formula is C16H14O2S. The van der Waals surface area contributed by atoms with E-state index in [4.69, 9.17) is 4.42 Å². The van der Waals surface area contributed by atoms with Gasteiger partial charge >= 0.3 is 0 Å². The molecule has 0 fully saturated rings. The molecule has 0 saturated heterocycles. The van der Waals surface area contributed by atoms with Crippen LogP contribution in [0.5, 0.6) is 0 Å². The minimum absolute atomic E-state index is 0.0150. The summed E-state index contributed by atoms with van der Waals surface area (Å²) in [6, 6.07) is 7.98. The summed E-state index contributed by atoms with van der Waals surface area (Å²) in [4.78, 5) is 13.3. The summed E-state index contributed by atoms with van der Waals surface area (Å²) in [5.41, 5.74) is 3.85. The largest absolute Gasteiger partial charge is 0.452 e. The fraction of sp³-hybridized carbons (Fsp3) is 0.188. The predicted molar refractivity (Wildman–Crippen MR) is 78.2 cm³/mol. The van der Waals surface area contributed by atoms with Crippen molar-refractivity contribution >= 4 is 28.1 Å². The first-order valence-electron chi connectivity index (χ1n) is 6.16. The van der Waals surface area contributed by atoms with E-state index in [0.29, 0.717) is 5.76 Å². The van der Waals surface area contributed by atoms with Crippen LogP contribution in [0, 0.1) is 20.8 Å². The summed E-state index contributed by atoms with van der Waals surface area (Å²) >= 11 is 1.46. The lowest BCUT2D eigenvalue weighted by atomic mass is 10.1. The summed E-state index contributed by atoms with van der Waals surface area (Å²) in [5.74, 6) is 0.449. The van der Waals surface area contributed by atoms with E-state index in [0.717, 1.165) is 32.5 Å². The van der Waals surface area contributed by atoms with Gasteiger partial charge in [-0.1, -0.05) is 12.1 Å². The molecule has 1 aromatic carbocycles. The monoisotopic (exact) mass is 270 g/mol. The normalized spacial score (nSPS) is 11.1. The van der Waals surface area contributed by atoms with Crippen LogP contribution in [-0.2, 0) is 0 Å². The first-order chi connectivity index (χ1) is 9.08. The van der Waals surface area contributed by atoms with Crippen molar-refractivity contribution in [3.05, 3.63) is 57.0 Å². The van der Waals surface area contributed by atoms with E-state index in [-0.39, 0.29) is 5.78 Å². The molecule has 0 spiro atoms. The minimum Gasteiger partial charge on any atom is -0.452 e. The molecule has 3 rings (SSSR count). The highest BCUT2D eigenvalue weighted by Crippen LogP contribution is 2.29. The lowest BCUT2D eigenvalue weighted by Crippen LogP contribution is -2.00. The maximum atomic E-state index is 12.5. The van der Waals surface area contributed by atoms with Crippen molar-refractivity contribution in [1.82, 2.24) is 0 Å². The smallest absolute Gasteiger partial charge is 0.238 e. The molecule has 0 aliphatic carbocycles. The fourth-order valence-electron chi connectivity index (χ4n) is 2.26.